The van der Waals surface area contributed by atoms with Crippen molar-refractivity contribution >= 4 is 9.84 Å². The molecule has 0 spiro atoms. The summed E-state index contributed by atoms with van der Waals surface area (Å²) in [5.74, 6) is 0.0490. The van der Waals surface area contributed by atoms with E-state index in [1.807, 2.05) is 0 Å². The molecule has 0 bridgehead atoms. The minimum Gasteiger partial charge on any atom is -0.489 e. The van der Waals surface area contributed by atoms with Gasteiger partial charge in [0.15, 0.2) is 9.84 Å². The summed E-state index contributed by atoms with van der Waals surface area (Å²) in [5.41, 5.74) is 0.423. The smallest absolute Gasteiger partial charge is 0.175 e. The SMILES string of the molecule is CS(=O)(=O)c1cccc(OCc2ccccc2F)c1. The van der Waals surface area contributed by atoms with Crippen LogP contribution < -0.4 is 4.74 Å². The molecule has 0 unspecified atom stereocenters. The Bertz CT molecular complexity index is 681. The lowest BCUT2D eigenvalue weighted by Crippen LogP contribution is -2.00. The zero-order valence-corrected chi connectivity index (χ0v) is 11.2. The highest BCUT2D eigenvalue weighted by Gasteiger charge is 2.08. The van der Waals surface area contributed by atoms with E-state index >= 15 is 0 Å². The summed E-state index contributed by atoms with van der Waals surface area (Å²) in [6.45, 7) is 0.0554. The Kier molecular flexibility index (Phi) is 3.85. The second kappa shape index (κ2) is 5.40. The monoisotopic (exact) mass is 280 g/mol. The topological polar surface area (TPSA) is 43.4 Å². The lowest BCUT2D eigenvalue weighted by Gasteiger charge is -2.08. The Morgan fingerprint density at radius 3 is 2.53 bits per heavy atom. The zero-order valence-electron chi connectivity index (χ0n) is 10.3. The highest BCUT2D eigenvalue weighted by atomic mass is 32.2. The summed E-state index contributed by atoms with van der Waals surface area (Å²) in [6.07, 6.45) is 1.13. The lowest BCUT2D eigenvalue weighted by molar-refractivity contribution is 0.299. The van der Waals surface area contributed by atoms with Gasteiger partial charge in [0, 0.05) is 11.8 Å². The van der Waals surface area contributed by atoms with Crippen molar-refractivity contribution in [1.29, 1.82) is 0 Å². The van der Waals surface area contributed by atoms with Crippen LogP contribution in [0.3, 0.4) is 0 Å². The van der Waals surface area contributed by atoms with Gasteiger partial charge < -0.3 is 4.74 Å². The molecule has 100 valence electrons. The van der Waals surface area contributed by atoms with Gasteiger partial charge >= 0.3 is 0 Å². The first-order chi connectivity index (χ1) is 8.97. The maximum atomic E-state index is 13.4. The molecule has 3 nitrogen and oxygen atoms in total. The van der Waals surface area contributed by atoms with E-state index in [2.05, 4.69) is 0 Å². The second-order valence-electron chi connectivity index (χ2n) is 4.13. The van der Waals surface area contributed by atoms with E-state index in [1.165, 1.54) is 18.2 Å². The molecule has 0 N–H and O–H groups in total. The minimum atomic E-state index is -3.27. The van der Waals surface area contributed by atoms with Crippen LogP contribution in [-0.2, 0) is 16.4 Å². The Morgan fingerprint density at radius 1 is 1.11 bits per heavy atom. The van der Waals surface area contributed by atoms with Gasteiger partial charge in [-0.1, -0.05) is 24.3 Å². The van der Waals surface area contributed by atoms with Gasteiger partial charge in [-0.05, 0) is 24.3 Å². The first-order valence-electron chi connectivity index (χ1n) is 5.63. The van der Waals surface area contributed by atoms with Gasteiger partial charge in [-0.3, -0.25) is 0 Å². The van der Waals surface area contributed by atoms with Crippen molar-refractivity contribution in [2.75, 3.05) is 6.26 Å². The van der Waals surface area contributed by atoms with E-state index in [-0.39, 0.29) is 17.3 Å². The maximum Gasteiger partial charge on any atom is 0.175 e. The van der Waals surface area contributed by atoms with Crippen LogP contribution in [0.4, 0.5) is 4.39 Å². The number of rotatable bonds is 4. The fourth-order valence-corrected chi connectivity index (χ4v) is 2.23. The van der Waals surface area contributed by atoms with Crippen molar-refractivity contribution < 1.29 is 17.5 Å². The molecule has 0 aliphatic heterocycles. The molecule has 19 heavy (non-hydrogen) atoms. The third-order valence-corrected chi connectivity index (χ3v) is 3.70. The highest BCUT2D eigenvalue weighted by Crippen LogP contribution is 2.19. The van der Waals surface area contributed by atoms with Gasteiger partial charge in [0.1, 0.15) is 18.2 Å². The summed E-state index contributed by atoms with van der Waals surface area (Å²) >= 11 is 0. The number of sulfone groups is 1. The Labute approximate surface area is 111 Å². The number of hydrogen-bond acceptors (Lipinski definition) is 3. The molecule has 0 aromatic heterocycles. The van der Waals surface area contributed by atoms with Gasteiger partial charge in [0.2, 0.25) is 0 Å². The third-order valence-electron chi connectivity index (χ3n) is 2.59. The van der Waals surface area contributed by atoms with Crippen LogP contribution in [-0.4, -0.2) is 14.7 Å². The normalized spacial score (nSPS) is 11.3. The molecule has 0 saturated carbocycles. The fourth-order valence-electron chi connectivity index (χ4n) is 1.57. The summed E-state index contributed by atoms with van der Waals surface area (Å²) in [4.78, 5) is 0.179. The van der Waals surface area contributed by atoms with Crippen molar-refractivity contribution in [2.45, 2.75) is 11.5 Å². The molecule has 0 aliphatic rings. The molecule has 5 heteroatoms. The molecule has 2 aromatic rings. The van der Waals surface area contributed by atoms with Gasteiger partial charge in [-0.25, -0.2) is 12.8 Å². The van der Waals surface area contributed by atoms with Gasteiger partial charge in [-0.15, -0.1) is 0 Å². The van der Waals surface area contributed by atoms with E-state index in [4.69, 9.17) is 4.74 Å². The molecule has 2 rings (SSSR count). The first-order valence-corrected chi connectivity index (χ1v) is 7.52. The summed E-state index contributed by atoms with van der Waals surface area (Å²) in [6, 6.07) is 12.4. The molecule has 0 fully saturated rings. The maximum absolute atomic E-state index is 13.4. The first kappa shape index (κ1) is 13.5. The minimum absolute atomic E-state index is 0.0554. The number of hydrogen-bond donors (Lipinski definition) is 0. The van der Waals surface area contributed by atoms with Crippen molar-refractivity contribution in [3.63, 3.8) is 0 Å². The predicted octanol–water partition coefficient (Wildman–Crippen LogP) is 2.81. The number of ether oxygens (including phenoxy) is 1. The third kappa shape index (κ3) is 3.54. The fraction of sp³-hybridized carbons (Fsp3) is 0.143. The van der Waals surface area contributed by atoms with Crippen LogP contribution in [0.1, 0.15) is 5.56 Å². The summed E-state index contributed by atoms with van der Waals surface area (Å²) in [5, 5.41) is 0. The highest BCUT2D eigenvalue weighted by molar-refractivity contribution is 7.90. The van der Waals surface area contributed by atoms with Crippen molar-refractivity contribution in [2.24, 2.45) is 0 Å². The van der Waals surface area contributed by atoms with Crippen molar-refractivity contribution in [3.05, 3.63) is 59.9 Å². The molecular formula is C14H13FO3S. The lowest BCUT2D eigenvalue weighted by atomic mass is 10.2. The van der Waals surface area contributed by atoms with Crippen molar-refractivity contribution in [1.82, 2.24) is 0 Å². The number of halogens is 1. The Morgan fingerprint density at radius 2 is 1.84 bits per heavy atom. The largest absolute Gasteiger partial charge is 0.489 e. The Balaban J connectivity index is 2.15. The standard InChI is InChI=1S/C14H13FO3S/c1-19(16,17)13-7-4-6-12(9-13)18-10-11-5-2-3-8-14(11)15/h2-9H,10H2,1H3. The van der Waals surface area contributed by atoms with E-state index in [0.717, 1.165) is 6.26 Å². The average Bonchev–Trinajstić information content (AvgIpc) is 2.37. The summed E-state index contributed by atoms with van der Waals surface area (Å²) in [7, 11) is -3.27. The van der Waals surface area contributed by atoms with Crippen LogP contribution >= 0.6 is 0 Å². The summed E-state index contributed by atoms with van der Waals surface area (Å²) < 4.78 is 41.6. The molecular weight excluding hydrogens is 267 g/mol. The van der Waals surface area contributed by atoms with E-state index in [1.54, 1.807) is 30.3 Å². The molecule has 0 heterocycles. The number of benzene rings is 2. The molecule has 0 aliphatic carbocycles. The molecule has 0 amide bonds. The van der Waals surface area contributed by atoms with E-state index in [9.17, 15) is 12.8 Å². The van der Waals surface area contributed by atoms with E-state index in [0.29, 0.717) is 11.3 Å². The van der Waals surface area contributed by atoms with E-state index < -0.39 is 9.84 Å². The zero-order chi connectivity index (χ0) is 13.9. The quantitative estimate of drug-likeness (QED) is 0.865. The average molecular weight is 280 g/mol. The molecule has 0 atom stereocenters. The van der Waals surface area contributed by atoms with Crippen LogP contribution in [0, 0.1) is 5.82 Å². The predicted molar refractivity (Wildman–Crippen MR) is 70.3 cm³/mol. The van der Waals surface area contributed by atoms with Crippen LogP contribution in [0.5, 0.6) is 5.75 Å². The van der Waals surface area contributed by atoms with Gasteiger partial charge in [0.05, 0.1) is 4.90 Å². The van der Waals surface area contributed by atoms with Gasteiger partial charge in [-0.2, -0.15) is 0 Å². The van der Waals surface area contributed by atoms with Crippen LogP contribution in [0.25, 0.3) is 0 Å². The van der Waals surface area contributed by atoms with Gasteiger partial charge in [0.25, 0.3) is 0 Å². The second-order valence-corrected chi connectivity index (χ2v) is 6.14. The van der Waals surface area contributed by atoms with Crippen LogP contribution in [0.15, 0.2) is 53.4 Å². The molecule has 0 saturated heterocycles. The van der Waals surface area contributed by atoms with Crippen LogP contribution in [0.2, 0.25) is 0 Å². The van der Waals surface area contributed by atoms with Crippen molar-refractivity contribution in [3.8, 4) is 5.75 Å². The molecule has 2 aromatic carbocycles. The Hall–Kier alpha value is -1.88. The molecule has 0 radical (unpaired) electrons.